The van der Waals surface area contributed by atoms with Crippen LogP contribution < -0.4 is 10.6 Å². The monoisotopic (exact) mass is 448 g/mol. The lowest BCUT2D eigenvalue weighted by molar-refractivity contribution is 0.102. The van der Waals surface area contributed by atoms with Crippen molar-refractivity contribution in [3.05, 3.63) is 44.0 Å². The molecule has 0 aromatic carbocycles. The number of hydrogen-bond donors (Lipinski definition) is 2. The minimum atomic E-state index is -0.270. The molecule has 0 aliphatic heterocycles. The first kappa shape index (κ1) is 21.6. The molecule has 0 aliphatic carbocycles. The second kappa shape index (κ2) is 7.97. The van der Waals surface area contributed by atoms with Crippen LogP contribution in [0.1, 0.15) is 72.3 Å². The predicted molar refractivity (Wildman–Crippen MR) is 122 cm³/mol. The summed E-state index contributed by atoms with van der Waals surface area (Å²) in [4.78, 5) is 34.9. The van der Waals surface area contributed by atoms with E-state index >= 15 is 0 Å². The predicted octanol–water partition coefficient (Wildman–Crippen LogP) is 5.76. The number of nitrogens with one attached hydrogen (secondary N) is 2. The van der Waals surface area contributed by atoms with E-state index in [1.807, 2.05) is 10.8 Å². The van der Waals surface area contributed by atoms with Crippen LogP contribution in [0.25, 0.3) is 0 Å². The van der Waals surface area contributed by atoms with Crippen LogP contribution in [0.4, 0.5) is 10.3 Å². The molecular weight excluding hydrogens is 424 g/mol. The van der Waals surface area contributed by atoms with Gasteiger partial charge in [0.25, 0.3) is 11.8 Å². The van der Waals surface area contributed by atoms with Gasteiger partial charge in [0.2, 0.25) is 0 Å². The second-order valence-electron chi connectivity index (χ2n) is 8.65. The summed E-state index contributed by atoms with van der Waals surface area (Å²) in [6.45, 7) is 12.4. The fraction of sp³-hybridized carbons (Fsp3) is 0.400. The van der Waals surface area contributed by atoms with Crippen molar-refractivity contribution in [3.63, 3.8) is 0 Å². The first-order valence-corrected chi connectivity index (χ1v) is 11.7. The van der Waals surface area contributed by atoms with Crippen molar-refractivity contribution >= 4 is 56.1 Å². The van der Waals surface area contributed by atoms with Crippen molar-refractivity contribution < 1.29 is 9.59 Å². The number of aromatic nitrogens is 2. The van der Waals surface area contributed by atoms with Crippen LogP contribution in [0.2, 0.25) is 0 Å². The zero-order chi connectivity index (χ0) is 21.4. The van der Waals surface area contributed by atoms with E-state index in [9.17, 15) is 9.59 Å². The normalized spacial score (nSPS) is 12.1. The fourth-order valence-corrected chi connectivity index (χ4v) is 4.91. The van der Waals surface area contributed by atoms with Gasteiger partial charge in [-0.2, -0.15) is 0 Å². The van der Waals surface area contributed by atoms with E-state index in [2.05, 4.69) is 62.1 Å². The number of thiazole rings is 2. The molecule has 0 radical (unpaired) electrons. The van der Waals surface area contributed by atoms with Gasteiger partial charge in [0.15, 0.2) is 10.3 Å². The van der Waals surface area contributed by atoms with E-state index < -0.39 is 0 Å². The van der Waals surface area contributed by atoms with Crippen molar-refractivity contribution in [2.45, 2.75) is 52.4 Å². The van der Waals surface area contributed by atoms with Crippen molar-refractivity contribution in [3.8, 4) is 0 Å². The third-order valence-corrected chi connectivity index (χ3v) is 6.64. The van der Waals surface area contributed by atoms with Gasteiger partial charge in [-0.1, -0.05) is 41.5 Å². The molecule has 3 heterocycles. The molecule has 0 fully saturated rings. The molecule has 6 nitrogen and oxygen atoms in total. The molecule has 0 atom stereocenters. The molecule has 0 unspecified atom stereocenters. The molecule has 154 valence electrons. The van der Waals surface area contributed by atoms with Crippen LogP contribution in [0, 0.1) is 0 Å². The number of anilines is 2. The van der Waals surface area contributed by atoms with Crippen LogP contribution in [0.15, 0.2) is 22.9 Å². The average Bonchev–Trinajstić information content (AvgIpc) is 3.33. The SMILES string of the molecule is CC(C)(C)c1csc(NC(=O)c2ccc(C(=O)Nc3nc(C(C)(C)C)cs3)s2)n1. The second-order valence-corrected chi connectivity index (χ2v) is 11.4. The number of nitrogens with zero attached hydrogens (tertiary/aromatic N) is 2. The summed E-state index contributed by atoms with van der Waals surface area (Å²) in [6, 6.07) is 3.30. The Morgan fingerprint density at radius 2 is 1.14 bits per heavy atom. The maximum atomic E-state index is 12.5. The minimum absolute atomic E-state index is 0.0731. The van der Waals surface area contributed by atoms with E-state index in [4.69, 9.17) is 0 Å². The summed E-state index contributed by atoms with van der Waals surface area (Å²) < 4.78 is 0. The maximum Gasteiger partial charge on any atom is 0.267 e. The lowest BCUT2D eigenvalue weighted by Crippen LogP contribution is -2.14. The van der Waals surface area contributed by atoms with Crippen LogP contribution >= 0.6 is 34.0 Å². The fourth-order valence-electron chi connectivity index (χ4n) is 2.25. The van der Waals surface area contributed by atoms with Crippen LogP contribution in [-0.2, 0) is 10.8 Å². The van der Waals surface area contributed by atoms with E-state index in [1.165, 1.54) is 22.7 Å². The smallest absolute Gasteiger partial charge is 0.267 e. The van der Waals surface area contributed by atoms with Gasteiger partial charge in [0.1, 0.15) is 0 Å². The number of hydrogen-bond acceptors (Lipinski definition) is 7. The third kappa shape index (κ3) is 5.29. The summed E-state index contributed by atoms with van der Waals surface area (Å²) in [6.07, 6.45) is 0. The Morgan fingerprint density at radius 1 is 0.759 bits per heavy atom. The highest BCUT2D eigenvalue weighted by Crippen LogP contribution is 2.28. The molecule has 2 N–H and O–H groups in total. The third-order valence-electron chi connectivity index (χ3n) is 4.04. The molecule has 0 saturated heterocycles. The van der Waals surface area contributed by atoms with Gasteiger partial charge >= 0.3 is 0 Å². The highest BCUT2D eigenvalue weighted by molar-refractivity contribution is 7.17. The maximum absolute atomic E-state index is 12.5. The van der Waals surface area contributed by atoms with Gasteiger partial charge in [-0.05, 0) is 12.1 Å². The standard InChI is InChI=1S/C20H24N4O2S3/c1-19(2,3)13-9-27-17(21-13)23-15(25)11-7-8-12(29-11)16(26)24-18-22-14(10-28-18)20(4,5)6/h7-10H,1-6H3,(H,21,23,25)(H,22,24,26). The molecular formula is C20H24N4O2S3. The number of thiophene rings is 1. The first-order chi connectivity index (χ1) is 13.4. The Labute approximate surface area is 182 Å². The summed E-state index contributed by atoms with van der Waals surface area (Å²) in [5.41, 5.74) is 1.72. The lowest BCUT2D eigenvalue weighted by atomic mass is 9.93. The van der Waals surface area contributed by atoms with Crippen LogP contribution in [-0.4, -0.2) is 21.8 Å². The number of rotatable bonds is 4. The number of carbonyl (C=O) groups excluding carboxylic acids is 2. The zero-order valence-corrected chi connectivity index (χ0v) is 19.7. The van der Waals surface area contributed by atoms with Gasteiger partial charge in [0, 0.05) is 21.6 Å². The van der Waals surface area contributed by atoms with Gasteiger partial charge in [-0.3, -0.25) is 20.2 Å². The van der Waals surface area contributed by atoms with Crippen molar-refractivity contribution in [2.75, 3.05) is 10.6 Å². The Kier molecular flexibility index (Phi) is 5.93. The topological polar surface area (TPSA) is 84.0 Å². The van der Waals surface area contributed by atoms with Crippen molar-refractivity contribution in [2.24, 2.45) is 0 Å². The average molecular weight is 449 g/mol. The van der Waals surface area contributed by atoms with Crippen LogP contribution in [0.3, 0.4) is 0 Å². The molecule has 2 amide bonds. The Hall–Kier alpha value is -2.10. The van der Waals surface area contributed by atoms with E-state index in [-0.39, 0.29) is 22.6 Å². The van der Waals surface area contributed by atoms with Crippen LogP contribution in [0.5, 0.6) is 0 Å². The summed E-state index contributed by atoms with van der Waals surface area (Å²) in [7, 11) is 0. The molecule has 0 aliphatic rings. The van der Waals surface area contributed by atoms with Gasteiger partial charge in [0.05, 0.1) is 21.1 Å². The summed E-state index contributed by atoms with van der Waals surface area (Å²) >= 11 is 3.93. The molecule has 3 aromatic heterocycles. The molecule has 0 saturated carbocycles. The summed E-state index contributed by atoms with van der Waals surface area (Å²) in [5.74, 6) is -0.541. The van der Waals surface area contributed by atoms with E-state index in [1.54, 1.807) is 12.1 Å². The number of carbonyl (C=O) groups is 2. The number of amides is 2. The first-order valence-electron chi connectivity index (χ1n) is 9.08. The highest BCUT2D eigenvalue weighted by atomic mass is 32.1. The van der Waals surface area contributed by atoms with Gasteiger partial charge < -0.3 is 0 Å². The quantitative estimate of drug-likeness (QED) is 0.531. The Balaban J connectivity index is 1.65. The lowest BCUT2D eigenvalue weighted by Gasteiger charge is -2.14. The Morgan fingerprint density at radius 3 is 1.45 bits per heavy atom. The van der Waals surface area contributed by atoms with Gasteiger partial charge in [-0.25, -0.2) is 9.97 Å². The molecule has 29 heavy (non-hydrogen) atoms. The largest absolute Gasteiger partial charge is 0.297 e. The molecule has 3 rings (SSSR count). The molecule has 0 spiro atoms. The van der Waals surface area contributed by atoms with Crippen molar-refractivity contribution in [1.82, 2.24) is 9.97 Å². The zero-order valence-electron chi connectivity index (χ0n) is 17.2. The van der Waals surface area contributed by atoms with Gasteiger partial charge in [-0.15, -0.1) is 34.0 Å². The Bertz CT molecular complexity index is 954. The minimum Gasteiger partial charge on any atom is -0.297 e. The van der Waals surface area contributed by atoms with Crippen molar-refractivity contribution in [1.29, 1.82) is 0 Å². The molecule has 3 aromatic rings. The molecule has 9 heteroatoms. The van der Waals surface area contributed by atoms with E-state index in [0.29, 0.717) is 20.0 Å². The van der Waals surface area contributed by atoms with E-state index in [0.717, 1.165) is 22.7 Å². The summed E-state index contributed by atoms with van der Waals surface area (Å²) in [5, 5.41) is 10.6. The molecule has 0 bridgehead atoms. The highest BCUT2D eigenvalue weighted by Gasteiger charge is 2.21.